The van der Waals surface area contributed by atoms with Gasteiger partial charge in [-0.3, -0.25) is 9.59 Å². The second-order valence-corrected chi connectivity index (χ2v) is 21.0. The molecule has 19 heteroatoms. The standard InChI is InChI=1S/2C33H34F2N2O5.Ca/c2*1-20(2)31-30(33(42)36-23-11-7-4-8-12-23)29(21-9-5-3-6-10-21)32(22-13-14-26(34)27(35)17-22)37(31)16-15-24(38)18-25(39)19-28(40)41;/h2*3-14,17,20,24-25,38-39H,15-16,18-19H2,1-2H3,(H,36,42)(H,40,41);/q;;+2/p-2/t2*24-,25-;/m11./s1. The van der Waals surface area contributed by atoms with E-state index in [1.54, 1.807) is 48.5 Å². The zero-order chi connectivity index (χ0) is 60.8. The average Bonchev–Trinajstić information content (AvgIpc) is 1.82. The van der Waals surface area contributed by atoms with Gasteiger partial charge in [-0.25, -0.2) is 17.6 Å². The molecule has 6 aromatic carbocycles. The van der Waals surface area contributed by atoms with Crippen LogP contribution in [0.5, 0.6) is 0 Å². The van der Waals surface area contributed by atoms with Gasteiger partial charge in [-0.15, -0.1) is 0 Å². The molecule has 0 unspecified atom stereocenters. The van der Waals surface area contributed by atoms with E-state index in [4.69, 9.17) is 0 Å². The zero-order valence-electron chi connectivity index (χ0n) is 47.5. The first-order valence-corrected chi connectivity index (χ1v) is 27.5. The van der Waals surface area contributed by atoms with Gasteiger partial charge in [-0.1, -0.05) is 125 Å². The molecule has 0 spiro atoms. The number of para-hydroxylation sites is 2. The van der Waals surface area contributed by atoms with Crippen LogP contribution in [0, 0.1) is 23.3 Å². The summed E-state index contributed by atoms with van der Waals surface area (Å²) < 4.78 is 61.0. The molecule has 2 amide bonds. The Hall–Kier alpha value is -7.42. The van der Waals surface area contributed by atoms with Crippen LogP contribution in [-0.4, -0.2) is 115 Å². The van der Waals surface area contributed by atoms with E-state index in [2.05, 4.69) is 10.6 Å². The predicted molar refractivity (Wildman–Crippen MR) is 315 cm³/mol. The first-order valence-electron chi connectivity index (χ1n) is 27.5. The Kier molecular flexibility index (Phi) is 24.4. The Morgan fingerprint density at radius 3 is 1.06 bits per heavy atom. The van der Waals surface area contributed by atoms with E-state index in [1.165, 1.54) is 12.1 Å². The maximum Gasteiger partial charge on any atom is 2.00 e. The molecule has 8 rings (SSSR count). The van der Waals surface area contributed by atoms with E-state index in [9.17, 15) is 67.4 Å². The van der Waals surface area contributed by atoms with Crippen molar-refractivity contribution >= 4 is 72.9 Å². The van der Waals surface area contributed by atoms with Crippen LogP contribution in [-0.2, 0) is 22.7 Å². The van der Waals surface area contributed by atoms with Gasteiger partial charge in [0.15, 0.2) is 23.3 Å². The van der Waals surface area contributed by atoms with Crippen LogP contribution in [0.4, 0.5) is 28.9 Å². The number of carbonyl (C=O) groups is 4. The molecule has 14 nitrogen and oxygen atoms in total. The molecule has 85 heavy (non-hydrogen) atoms. The first-order chi connectivity index (χ1) is 40.1. The van der Waals surface area contributed by atoms with Crippen LogP contribution in [0.2, 0.25) is 0 Å². The van der Waals surface area contributed by atoms with Crippen LogP contribution < -0.4 is 20.8 Å². The maximum atomic E-state index is 14.6. The number of nitrogens with one attached hydrogen (secondary N) is 2. The SMILES string of the molecule is CC(C)c1c(C(=O)Nc2ccccc2)c(-c2ccccc2)c(-c2ccc(F)c(F)c2)n1CC[C@@H](O)C[C@@H](O)CC(=O)[O-].CC(C)c1c(C(=O)Nc2ccccc2)c(-c2ccccc2)c(-c2ccc(F)c(F)c2)n1CC[C@@H](O)C[C@@H](O)CC(=O)[O-].[Ca+2]. The van der Waals surface area contributed by atoms with Crippen LogP contribution >= 0.6 is 0 Å². The zero-order valence-corrected chi connectivity index (χ0v) is 49.7. The van der Waals surface area contributed by atoms with Crippen molar-refractivity contribution in [2.75, 3.05) is 10.6 Å². The van der Waals surface area contributed by atoms with Crippen molar-refractivity contribution in [1.82, 2.24) is 9.13 Å². The summed E-state index contributed by atoms with van der Waals surface area (Å²) in [5.74, 6) is -8.20. The van der Waals surface area contributed by atoms with Crippen molar-refractivity contribution in [3.63, 3.8) is 0 Å². The van der Waals surface area contributed by atoms with E-state index in [0.29, 0.717) is 78.7 Å². The minimum absolute atomic E-state index is 0. The monoisotopic (exact) mass is 1190 g/mol. The fourth-order valence-corrected chi connectivity index (χ4v) is 10.5. The van der Waals surface area contributed by atoms with E-state index >= 15 is 0 Å². The Labute approximate surface area is 520 Å². The minimum Gasteiger partial charge on any atom is -0.550 e. The molecule has 0 radical (unpaired) electrons. The number of anilines is 2. The number of halogens is 4. The third-order valence-electron chi connectivity index (χ3n) is 14.0. The van der Waals surface area contributed by atoms with Gasteiger partial charge in [0.25, 0.3) is 11.8 Å². The number of carbonyl (C=O) groups excluding carboxylic acids is 4. The van der Waals surface area contributed by atoms with Gasteiger partial charge in [0.05, 0.1) is 46.9 Å². The van der Waals surface area contributed by atoms with Crippen molar-refractivity contribution in [1.29, 1.82) is 0 Å². The quantitative estimate of drug-likeness (QED) is 0.0248. The second kappa shape index (κ2) is 31.1. The molecule has 0 aliphatic rings. The fourth-order valence-electron chi connectivity index (χ4n) is 10.5. The number of aromatic nitrogens is 2. The Bertz CT molecular complexity index is 3320. The number of rotatable bonds is 24. The Morgan fingerprint density at radius 2 is 0.765 bits per heavy atom. The third kappa shape index (κ3) is 17.4. The molecule has 440 valence electrons. The molecule has 0 aliphatic carbocycles. The van der Waals surface area contributed by atoms with E-state index in [0.717, 1.165) is 24.3 Å². The summed E-state index contributed by atoms with van der Waals surface area (Å²) in [6.45, 7) is 7.92. The minimum atomic E-state index is -1.43. The molecular formula is C66H66CaF4N4O10. The molecule has 8 aromatic rings. The Balaban J connectivity index is 0.000000269. The average molecular weight is 1190 g/mol. The number of benzene rings is 6. The summed E-state index contributed by atoms with van der Waals surface area (Å²) in [5.41, 5.74) is 7.09. The van der Waals surface area contributed by atoms with Gasteiger partial charge in [0.1, 0.15) is 0 Å². The van der Waals surface area contributed by atoms with E-state index < -0.39 is 84.3 Å². The van der Waals surface area contributed by atoms with Gasteiger partial charge >= 0.3 is 37.7 Å². The predicted octanol–water partition coefficient (Wildman–Crippen LogP) is 9.86. The molecular weight excluding hydrogens is 1120 g/mol. The third-order valence-corrected chi connectivity index (χ3v) is 14.0. The summed E-state index contributed by atoms with van der Waals surface area (Å²) in [7, 11) is 0. The summed E-state index contributed by atoms with van der Waals surface area (Å²) in [4.78, 5) is 49.8. The van der Waals surface area contributed by atoms with E-state index in [-0.39, 0.29) is 88.3 Å². The number of hydrogen-bond donors (Lipinski definition) is 6. The molecule has 0 saturated heterocycles. The molecule has 0 fully saturated rings. The fraction of sp³-hybridized carbons (Fsp3) is 0.273. The second-order valence-electron chi connectivity index (χ2n) is 21.0. The molecule has 2 heterocycles. The molecule has 0 saturated carbocycles. The number of aliphatic hydroxyl groups excluding tert-OH is 4. The van der Waals surface area contributed by atoms with Crippen molar-refractivity contribution in [2.45, 2.75) is 116 Å². The number of carboxylic acids is 2. The summed E-state index contributed by atoms with van der Waals surface area (Å²) >= 11 is 0. The molecule has 0 aliphatic heterocycles. The smallest absolute Gasteiger partial charge is 0.550 e. The van der Waals surface area contributed by atoms with Gasteiger partial charge in [0, 0.05) is 82.9 Å². The summed E-state index contributed by atoms with van der Waals surface area (Å²) in [6, 6.07) is 43.3. The number of hydrogen-bond acceptors (Lipinski definition) is 10. The number of aliphatic hydroxyl groups is 4. The normalized spacial score (nSPS) is 12.6. The van der Waals surface area contributed by atoms with Crippen molar-refractivity contribution < 1.29 is 67.4 Å². The van der Waals surface area contributed by atoms with Crippen LogP contribution in [0.3, 0.4) is 0 Å². The van der Waals surface area contributed by atoms with Crippen molar-refractivity contribution in [3.05, 3.63) is 204 Å². The van der Waals surface area contributed by atoms with Crippen molar-refractivity contribution in [2.24, 2.45) is 0 Å². The topological polar surface area (TPSA) is 229 Å². The van der Waals surface area contributed by atoms with Crippen LogP contribution in [0.1, 0.15) is 110 Å². The maximum absolute atomic E-state index is 14.6. The Morgan fingerprint density at radius 1 is 0.447 bits per heavy atom. The first kappa shape index (κ1) is 66.7. The van der Waals surface area contributed by atoms with Crippen LogP contribution in [0.15, 0.2) is 158 Å². The summed E-state index contributed by atoms with van der Waals surface area (Å²) in [5, 5.41) is 69.0. The largest absolute Gasteiger partial charge is 2.00 e. The molecule has 4 atom stereocenters. The van der Waals surface area contributed by atoms with E-state index in [1.807, 2.05) is 110 Å². The molecule has 6 N–H and O–H groups in total. The van der Waals surface area contributed by atoms with Gasteiger partial charge < -0.3 is 60.0 Å². The number of amides is 2. The van der Waals surface area contributed by atoms with Crippen LogP contribution in [0.25, 0.3) is 44.8 Å². The number of aliphatic carboxylic acids is 2. The number of nitrogens with zero attached hydrogens (tertiary/aromatic N) is 2. The molecule has 2 aromatic heterocycles. The van der Waals surface area contributed by atoms with Gasteiger partial charge in [-0.2, -0.15) is 0 Å². The van der Waals surface area contributed by atoms with Crippen molar-refractivity contribution in [3.8, 4) is 44.8 Å². The molecule has 0 bridgehead atoms. The van der Waals surface area contributed by atoms with Gasteiger partial charge in [0.2, 0.25) is 0 Å². The van der Waals surface area contributed by atoms with Gasteiger partial charge in [-0.05, 0) is 109 Å². The number of carboxylic acid groups (broad SMARTS) is 2. The summed E-state index contributed by atoms with van der Waals surface area (Å²) in [6.07, 6.45) is -6.19.